The first-order chi connectivity index (χ1) is 26.0. The first-order valence-electron chi connectivity index (χ1n) is 23.0. The fraction of sp³-hybridized carbons (Fsp3) is 0.851. The summed E-state index contributed by atoms with van der Waals surface area (Å²) in [7, 11) is 0. The van der Waals surface area contributed by atoms with Crippen LogP contribution in [-0.2, 0) is 19.1 Å². The van der Waals surface area contributed by atoms with E-state index in [1.807, 2.05) is 0 Å². The topological polar surface area (TPSA) is 92.7 Å². The number of esters is 1. The Balaban J connectivity index is 4.19. The van der Waals surface area contributed by atoms with Crippen LogP contribution in [0.2, 0.25) is 0 Å². The fourth-order valence-electron chi connectivity index (χ4n) is 6.92. The smallest absolute Gasteiger partial charge is 0.322 e. The van der Waals surface area contributed by atoms with Crippen LogP contribution in [0.3, 0.4) is 0 Å². The minimum Gasteiger partial charge on any atom is -0.480 e. The Morgan fingerprint density at radius 2 is 0.811 bits per heavy atom. The van der Waals surface area contributed by atoms with E-state index in [1.165, 1.54) is 148 Å². The molecule has 0 saturated heterocycles. The van der Waals surface area contributed by atoms with Crippen molar-refractivity contribution >= 4 is 17.8 Å². The molecule has 53 heavy (non-hydrogen) atoms. The van der Waals surface area contributed by atoms with Gasteiger partial charge in [-0.15, -0.1) is 0 Å². The number of allylic oxidation sites excluding steroid dienone is 4. The van der Waals surface area contributed by atoms with Crippen molar-refractivity contribution < 1.29 is 24.2 Å². The first-order valence-corrected chi connectivity index (χ1v) is 23.0. The predicted octanol–water partition coefficient (Wildman–Crippen LogP) is 14.3. The molecule has 1 atom stereocenters. The van der Waals surface area contributed by atoms with Crippen LogP contribution in [0.4, 0.5) is 0 Å². The highest BCUT2D eigenvalue weighted by Gasteiger charge is 2.14. The number of hydrogen-bond acceptors (Lipinski definition) is 4. The van der Waals surface area contributed by atoms with Gasteiger partial charge in [-0.25, -0.2) is 0 Å². The molecule has 0 rings (SSSR count). The zero-order valence-corrected chi connectivity index (χ0v) is 35.1. The van der Waals surface area contributed by atoms with E-state index in [2.05, 4.69) is 43.5 Å². The van der Waals surface area contributed by atoms with Crippen LogP contribution in [0.5, 0.6) is 0 Å². The number of aliphatic carboxylic acids is 1. The third-order valence-electron chi connectivity index (χ3n) is 10.3. The van der Waals surface area contributed by atoms with Gasteiger partial charge in [0.05, 0.1) is 0 Å². The van der Waals surface area contributed by atoms with Gasteiger partial charge in [-0.2, -0.15) is 0 Å². The fourth-order valence-corrected chi connectivity index (χ4v) is 6.92. The predicted molar refractivity (Wildman–Crippen MR) is 226 cm³/mol. The lowest BCUT2D eigenvalue weighted by Gasteiger charge is -2.18. The van der Waals surface area contributed by atoms with Crippen molar-refractivity contribution in [1.29, 1.82) is 0 Å². The number of carboxylic acid groups (broad SMARTS) is 1. The van der Waals surface area contributed by atoms with E-state index < -0.39 is 5.97 Å². The summed E-state index contributed by atoms with van der Waals surface area (Å²) in [5, 5.41) is 11.1. The lowest BCUT2D eigenvalue weighted by Crippen LogP contribution is -2.28. The van der Waals surface area contributed by atoms with Gasteiger partial charge in [0.1, 0.15) is 12.6 Å². The maximum Gasteiger partial charge on any atom is 0.322 e. The van der Waals surface area contributed by atoms with E-state index in [0.29, 0.717) is 12.8 Å². The standard InChI is InChI=1S/C47H87NO5/c1-3-5-7-9-11-13-15-17-19-21-23-25-27-29-34-38-42-47(52)53-44(40-36-32-30-33-37-41-45(49)48-43-46(50)51)39-35-31-28-26-24-22-20-18-16-14-12-10-8-6-4-2/h19,21-22,24,44H,3-18,20,23,25-43H2,1-2H3,(H,48,49)(H,50,51)/b21-19-,24-22-. The zero-order chi connectivity index (χ0) is 38.7. The molecular formula is C47H87NO5. The minimum absolute atomic E-state index is 0.00894. The van der Waals surface area contributed by atoms with Gasteiger partial charge in [0, 0.05) is 12.8 Å². The molecule has 2 N–H and O–H groups in total. The van der Waals surface area contributed by atoms with Crippen molar-refractivity contribution in [3.05, 3.63) is 24.3 Å². The Labute approximate surface area is 328 Å². The average molecular weight is 746 g/mol. The van der Waals surface area contributed by atoms with Gasteiger partial charge in [0.25, 0.3) is 0 Å². The van der Waals surface area contributed by atoms with Gasteiger partial charge < -0.3 is 15.2 Å². The third-order valence-corrected chi connectivity index (χ3v) is 10.3. The molecule has 6 heteroatoms. The van der Waals surface area contributed by atoms with Crippen LogP contribution in [-0.4, -0.2) is 35.6 Å². The zero-order valence-electron chi connectivity index (χ0n) is 35.1. The summed E-state index contributed by atoms with van der Waals surface area (Å²) in [6, 6.07) is 0. The number of amides is 1. The summed E-state index contributed by atoms with van der Waals surface area (Å²) in [5.41, 5.74) is 0. The normalized spacial score (nSPS) is 12.2. The SMILES string of the molecule is CCCCCCCCC/C=C\CCCCCCCC(=O)OC(CCCCC/C=C\CCCCCCCCCC)CCCCCCCC(=O)NCC(=O)O. The van der Waals surface area contributed by atoms with Gasteiger partial charge in [0.15, 0.2) is 0 Å². The molecule has 1 amide bonds. The maximum atomic E-state index is 12.8. The molecule has 310 valence electrons. The highest BCUT2D eigenvalue weighted by molar-refractivity contribution is 5.80. The molecule has 0 spiro atoms. The average Bonchev–Trinajstić information content (AvgIpc) is 3.14. The molecule has 1 unspecified atom stereocenters. The monoisotopic (exact) mass is 746 g/mol. The molecule has 0 bridgehead atoms. The quantitative estimate of drug-likeness (QED) is 0.0369. The van der Waals surface area contributed by atoms with Crippen LogP contribution in [0.25, 0.3) is 0 Å². The second-order valence-corrected chi connectivity index (χ2v) is 15.6. The second-order valence-electron chi connectivity index (χ2n) is 15.6. The van der Waals surface area contributed by atoms with Crippen LogP contribution < -0.4 is 5.32 Å². The number of hydrogen-bond donors (Lipinski definition) is 2. The van der Waals surface area contributed by atoms with Crippen molar-refractivity contribution in [2.24, 2.45) is 0 Å². The molecule has 0 aromatic rings. The van der Waals surface area contributed by atoms with E-state index in [-0.39, 0.29) is 24.5 Å². The van der Waals surface area contributed by atoms with Crippen LogP contribution in [0.1, 0.15) is 245 Å². The third kappa shape index (κ3) is 42.5. The van der Waals surface area contributed by atoms with Crippen molar-refractivity contribution in [3.8, 4) is 0 Å². The number of unbranched alkanes of at least 4 members (excludes halogenated alkanes) is 27. The summed E-state index contributed by atoms with van der Waals surface area (Å²) >= 11 is 0. The Morgan fingerprint density at radius 3 is 1.23 bits per heavy atom. The molecule has 0 saturated carbocycles. The lowest BCUT2D eigenvalue weighted by atomic mass is 10.0. The molecular weight excluding hydrogens is 659 g/mol. The highest BCUT2D eigenvalue weighted by atomic mass is 16.5. The Bertz CT molecular complexity index is 869. The summed E-state index contributed by atoms with van der Waals surface area (Å²) in [6.07, 6.45) is 51.6. The number of nitrogens with one attached hydrogen (secondary N) is 1. The van der Waals surface area contributed by atoms with E-state index in [0.717, 1.165) is 70.6 Å². The van der Waals surface area contributed by atoms with E-state index in [9.17, 15) is 14.4 Å². The van der Waals surface area contributed by atoms with Gasteiger partial charge in [-0.3, -0.25) is 14.4 Å². The summed E-state index contributed by atoms with van der Waals surface area (Å²) in [4.78, 5) is 35.1. The number of rotatable bonds is 42. The van der Waals surface area contributed by atoms with Gasteiger partial charge in [0.2, 0.25) is 5.91 Å². The summed E-state index contributed by atoms with van der Waals surface area (Å²) < 4.78 is 6.04. The van der Waals surface area contributed by atoms with Gasteiger partial charge in [-0.1, -0.05) is 167 Å². The molecule has 0 aromatic heterocycles. The first kappa shape index (κ1) is 50.9. The second kappa shape index (κ2) is 42.6. The highest BCUT2D eigenvalue weighted by Crippen LogP contribution is 2.19. The number of carbonyl (C=O) groups is 3. The molecule has 0 aromatic carbocycles. The molecule has 0 aliphatic heterocycles. The summed E-state index contributed by atoms with van der Waals surface area (Å²) in [6.45, 7) is 4.24. The molecule has 0 heterocycles. The number of carbonyl (C=O) groups excluding carboxylic acids is 2. The molecule has 0 aliphatic rings. The Hall–Kier alpha value is -2.11. The summed E-state index contributed by atoms with van der Waals surface area (Å²) in [5.74, 6) is -1.24. The van der Waals surface area contributed by atoms with Gasteiger partial charge >= 0.3 is 11.9 Å². The van der Waals surface area contributed by atoms with Crippen molar-refractivity contribution in [1.82, 2.24) is 5.32 Å². The van der Waals surface area contributed by atoms with Crippen molar-refractivity contribution in [2.75, 3.05) is 6.54 Å². The van der Waals surface area contributed by atoms with Gasteiger partial charge in [-0.05, 0) is 89.9 Å². The lowest BCUT2D eigenvalue weighted by molar-refractivity contribution is -0.150. The van der Waals surface area contributed by atoms with Crippen molar-refractivity contribution in [2.45, 2.75) is 251 Å². The van der Waals surface area contributed by atoms with Crippen LogP contribution in [0.15, 0.2) is 24.3 Å². The largest absolute Gasteiger partial charge is 0.480 e. The van der Waals surface area contributed by atoms with E-state index in [4.69, 9.17) is 9.84 Å². The van der Waals surface area contributed by atoms with E-state index >= 15 is 0 Å². The Morgan fingerprint density at radius 1 is 0.472 bits per heavy atom. The molecule has 0 radical (unpaired) electrons. The maximum absolute atomic E-state index is 12.8. The number of carboxylic acids is 1. The minimum atomic E-state index is -1.02. The van der Waals surface area contributed by atoms with E-state index in [1.54, 1.807) is 0 Å². The van der Waals surface area contributed by atoms with Crippen LogP contribution >= 0.6 is 0 Å². The molecule has 0 fully saturated rings. The molecule has 0 aliphatic carbocycles. The Kier molecular flexibility index (Phi) is 40.9. The van der Waals surface area contributed by atoms with Crippen LogP contribution in [0, 0.1) is 0 Å². The van der Waals surface area contributed by atoms with Crippen molar-refractivity contribution in [3.63, 3.8) is 0 Å². The molecule has 6 nitrogen and oxygen atoms in total. The number of ether oxygens (including phenoxy) is 1.